The lowest BCUT2D eigenvalue weighted by atomic mass is 10.2. The van der Waals surface area contributed by atoms with Gasteiger partial charge in [-0.1, -0.05) is 23.7 Å². The Morgan fingerprint density at radius 2 is 1.91 bits per heavy atom. The van der Waals surface area contributed by atoms with E-state index in [0.717, 1.165) is 20.8 Å². The fourth-order valence-corrected chi connectivity index (χ4v) is 3.39. The molecule has 3 rings (SSSR count). The van der Waals surface area contributed by atoms with Crippen LogP contribution in [0.5, 0.6) is 0 Å². The predicted octanol–water partition coefficient (Wildman–Crippen LogP) is 3.92. The van der Waals surface area contributed by atoms with Crippen LogP contribution in [-0.4, -0.2) is 15.9 Å². The summed E-state index contributed by atoms with van der Waals surface area (Å²) in [4.78, 5) is 19.0. The van der Waals surface area contributed by atoms with Crippen molar-refractivity contribution in [1.29, 1.82) is 0 Å². The first kappa shape index (κ1) is 14.9. The summed E-state index contributed by atoms with van der Waals surface area (Å²) in [7, 11) is 0. The highest BCUT2D eigenvalue weighted by Gasteiger charge is 2.13. The summed E-state index contributed by atoms with van der Waals surface area (Å²) >= 11 is 7.40. The van der Waals surface area contributed by atoms with Gasteiger partial charge < -0.3 is 0 Å². The molecular formula is C16H14ClN3OS. The van der Waals surface area contributed by atoms with Crippen LogP contribution in [-0.2, 0) is 0 Å². The second-order valence-electron chi connectivity index (χ2n) is 5.04. The van der Waals surface area contributed by atoms with Crippen molar-refractivity contribution in [2.45, 2.75) is 20.8 Å². The Balaban J connectivity index is 2.12. The molecular weight excluding hydrogens is 318 g/mol. The van der Waals surface area contributed by atoms with Crippen molar-refractivity contribution in [2.24, 2.45) is 5.10 Å². The average Bonchev–Trinajstić information content (AvgIpc) is 2.75. The van der Waals surface area contributed by atoms with Crippen molar-refractivity contribution in [3.05, 3.63) is 61.5 Å². The molecule has 0 aliphatic rings. The molecule has 112 valence electrons. The molecule has 2 aromatic heterocycles. The van der Waals surface area contributed by atoms with Gasteiger partial charge in [-0.2, -0.15) is 9.78 Å². The standard InChI is InChI=1S/C16H14ClN3OS/c1-9-10(2)22-15-14(9)16(21)20(11(3)19-15)18-8-12-4-6-13(17)7-5-12/h4-8H,1-3H3. The van der Waals surface area contributed by atoms with E-state index in [-0.39, 0.29) is 5.56 Å². The lowest BCUT2D eigenvalue weighted by molar-refractivity contribution is 0.772. The van der Waals surface area contributed by atoms with E-state index >= 15 is 0 Å². The first-order valence-corrected chi connectivity index (χ1v) is 7.96. The van der Waals surface area contributed by atoms with Gasteiger partial charge in [-0.05, 0) is 44.0 Å². The van der Waals surface area contributed by atoms with E-state index in [9.17, 15) is 4.79 Å². The number of nitrogens with zero attached hydrogens (tertiary/aromatic N) is 3. The zero-order valence-electron chi connectivity index (χ0n) is 12.4. The van der Waals surface area contributed by atoms with Crippen molar-refractivity contribution < 1.29 is 0 Å². The highest BCUT2D eigenvalue weighted by atomic mass is 35.5. The van der Waals surface area contributed by atoms with Crippen LogP contribution < -0.4 is 5.56 Å². The number of hydrogen-bond donors (Lipinski definition) is 0. The van der Waals surface area contributed by atoms with Crippen LogP contribution in [0, 0.1) is 20.8 Å². The van der Waals surface area contributed by atoms with Crippen LogP contribution >= 0.6 is 22.9 Å². The molecule has 6 heteroatoms. The van der Waals surface area contributed by atoms with E-state index in [4.69, 9.17) is 11.6 Å². The Bertz CT molecular complexity index is 939. The lowest BCUT2D eigenvalue weighted by Crippen LogP contribution is -2.20. The second-order valence-corrected chi connectivity index (χ2v) is 6.68. The monoisotopic (exact) mass is 331 g/mol. The SMILES string of the molecule is Cc1sc2nc(C)n(N=Cc3ccc(Cl)cc3)c(=O)c2c1C. The molecule has 0 spiro atoms. The van der Waals surface area contributed by atoms with E-state index in [1.807, 2.05) is 26.0 Å². The van der Waals surface area contributed by atoms with Gasteiger partial charge in [0.05, 0.1) is 11.6 Å². The first-order chi connectivity index (χ1) is 10.5. The molecule has 0 N–H and O–H groups in total. The van der Waals surface area contributed by atoms with Crippen LogP contribution in [0.25, 0.3) is 10.2 Å². The molecule has 0 saturated heterocycles. The van der Waals surface area contributed by atoms with Gasteiger partial charge in [0, 0.05) is 9.90 Å². The number of hydrogen-bond acceptors (Lipinski definition) is 4. The van der Waals surface area contributed by atoms with Crippen LogP contribution in [0.4, 0.5) is 0 Å². The molecule has 0 radical (unpaired) electrons. The maximum absolute atomic E-state index is 12.7. The van der Waals surface area contributed by atoms with Crippen molar-refractivity contribution in [3.8, 4) is 0 Å². The minimum Gasteiger partial charge on any atom is -0.267 e. The number of rotatable bonds is 2. The Kier molecular flexibility index (Phi) is 3.85. The van der Waals surface area contributed by atoms with Crippen molar-refractivity contribution >= 4 is 39.4 Å². The zero-order chi connectivity index (χ0) is 15.9. The predicted molar refractivity (Wildman–Crippen MR) is 92.5 cm³/mol. The minimum absolute atomic E-state index is 0.130. The molecule has 0 unspecified atom stereocenters. The fourth-order valence-electron chi connectivity index (χ4n) is 2.20. The third-order valence-electron chi connectivity index (χ3n) is 3.54. The summed E-state index contributed by atoms with van der Waals surface area (Å²) in [5.41, 5.74) is 1.72. The number of aromatic nitrogens is 2. The molecule has 22 heavy (non-hydrogen) atoms. The van der Waals surface area contributed by atoms with Crippen LogP contribution in [0.2, 0.25) is 5.02 Å². The maximum atomic E-state index is 12.7. The molecule has 1 aromatic carbocycles. The molecule has 0 aliphatic carbocycles. The molecule has 0 bridgehead atoms. The summed E-state index contributed by atoms with van der Waals surface area (Å²) in [6.07, 6.45) is 1.63. The van der Waals surface area contributed by atoms with E-state index in [1.165, 1.54) is 4.68 Å². The van der Waals surface area contributed by atoms with Crippen molar-refractivity contribution in [3.63, 3.8) is 0 Å². The van der Waals surface area contributed by atoms with Crippen LogP contribution in [0.1, 0.15) is 21.8 Å². The molecule has 3 aromatic rings. The highest BCUT2D eigenvalue weighted by molar-refractivity contribution is 7.18. The van der Waals surface area contributed by atoms with E-state index in [2.05, 4.69) is 10.1 Å². The average molecular weight is 332 g/mol. The molecule has 0 amide bonds. The fraction of sp³-hybridized carbons (Fsp3) is 0.188. The summed E-state index contributed by atoms with van der Waals surface area (Å²) in [6.45, 7) is 5.72. The number of benzene rings is 1. The molecule has 2 heterocycles. The van der Waals surface area contributed by atoms with Gasteiger partial charge in [0.2, 0.25) is 0 Å². The Hall–Kier alpha value is -1.98. The molecule has 0 aliphatic heterocycles. The Morgan fingerprint density at radius 3 is 2.59 bits per heavy atom. The van der Waals surface area contributed by atoms with Gasteiger partial charge in [-0.3, -0.25) is 4.79 Å². The normalized spacial score (nSPS) is 11.6. The number of halogens is 1. The van der Waals surface area contributed by atoms with Gasteiger partial charge in [0.1, 0.15) is 10.7 Å². The quantitative estimate of drug-likeness (QED) is 0.668. The highest BCUT2D eigenvalue weighted by Crippen LogP contribution is 2.26. The maximum Gasteiger partial charge on any atom is 0.283 e. The molecule has 4 nitrogen and oxygen atoms in total. The smallest absolute Gasteiger partial charge is 0.267 e. The molecule has 0 atom stereocenters. The van der Waals surface area contributed by atoms with Crippen LogP contribution in [0.3, 0.4) is 0 Å². The molecule has 0 fully saturated rings. The lowest BCUT2D eigenvalue weighted by Gasteiger charge is -2.03. The topological polar surface area (TPSA) is 47.2 Å². The first-order valence-electron chi connectivity index (χ1n) is 6.76. The third-order valence-corrected chi connectivity index (χ3v) is 4.89. The van der Waals surface area contributed by atoms with Crippen LogP contribution in [0.15, 0.2) is 34.2 Å². The minimum atomic E-state index is -0.130. The Morgan fingerprint density at radius 1 is 1.23 bits per heavy atom. The third kappa shape index (κ3) is 2.58. The zero-order valence-corrected chi connectivity index (χ0v) is 14.0. The van der Waals surface area contributed by atoms with Gasteiger partial charge in [0.25, 0.3) is 5.56 Å². The second kappa shape index (κ2) is 5.66. The molecule has 0 saturated carbocycles. The summed E-state index contributed by atoms with van der Waals surface area (Å²) in [5.74, 6) is 0.573. The summed E-state index contributed by atoms with van der Waals surface area (Å²) in [5, 5.41) is 5.60. The van der Waals surface area contributed by atoms with Gasteiger partial charge in [-0.25, -0.2) is 4.98 Å². The number of thiophene rings is 1. The largest absolute Gasteiger partial charge is 0.283 e. The van der Waals surface area contributed by atoms with Crippen molar-refractivity contribution in [1.82, 2.24) is 9.66 Å². The number of aryl methyl sites for hydroxylation is 3. The van der Waals surface area contributed by atoms with Crippen molar-refractivity contribution in [2.75, 3.05) is 0 Å². The van der Waals surface area contributed by atoms with E-state index < -0.39 is 0 Å². The summed E-state index contributed by atoms with van der Waals surface area (Å²) in [6, 6.07) is 7.26. The van der Waals surface area contributed by atoms with E-state index in [0.29, 0.717) is 16.2 Å². The van der Waals surface area contributed by atoms with Gasteiger partial charge in [0.15, 0.2) is 0 Å². The van der Waals surface area contributed by atoms with E-state index in [1.54, 1.807) is 36.6 Å². The van der Waals surface area contributed by atoms with Gasteiger partial charge in [-0.15, -0.1) is 11.3 Å². The summed E-state index contributed by atoms with van der Waals surface area (Å²) < 4.78 is 1.34. The number of fused-ring (bicyclic) bond motifs is 1. The van der Waals surface area contributed by atoms with Gasteiger partial charge >= 0.3 is 0 Å². The Labute approximate surface area is 136 Å².